The average Bonchev–Trinajstić information content (AvgIpc) is 2.15. The first-order chi connectivity index (χ1) is 7.87. The molecule has 0 saturated carbocycles. The van der Waals surface area contributed by atoms with E-state index in [0.29, 0.717) is 13.1 Å². The predicted octanol–water partition coefficient (Wildman–Crippen LogP) is 0.548. The van der Waals surface area contributed by atoms with Gasteiger partial charge in [0.05, 0.1) is 12.2 Å². The Hall–Kier alpha value is -0.650. The van der Waals surface area contributed by atoms with Crippen LogP contribution >= 0.6 is 0 Å². The van der Waals surface area contributed by atoms with Crippen LogP contribution < -0.4 is 5.32 Å². The van der Waals surface area contributed by atoms with Gasteiger partial charge in [-0.25, -0.2) is 0 Å². The highest BCUT2D eigenvalue weighted by molar-refractivity contribution is 5.78. The lowest BCUT2D eigenvalue weighted by atomic mass is 10.0. The Bertz CT molecular complexity index is 262. The fourth-order valence-electron chi connectivity index (χ4n) is 2.45. The predicted molar refractivity (Wildman–Crippen MR) is 66.2 cm³/mol. The minimum absolute atomic E-state index is 0.165. The zero-order valence-electron chi connectivity index (χ0n) is 11.2. The van der Waals surface area contributed by atoms with E-state index in [-0.39, 0.29) is 12.2 Å². The van der Waals surface area contributed by atoms with Crippen LogP contribution in [0, 0.1) is 0 Å². The number of hydrogen-bond donors (Lipinski definition) is 2. The smallest absolute Gasteiger partial charge is 0.324 e. The van der Waals surface area contributed by atoms with Gasteiger partial charge in [-0.2, -0.15) is 0 Å². The minimum atomic E-state index is -0.883. The van der Waals surface area contributed by atoms with E-state index in [2.05, 4.69) is 10.2 Å². The Balaban J connectivity index is 2.63. The van der Waals surface area contributed by atoms with Gasteiger partial charge >= 0.3 is 5.97 Å². The molecule has 1 fully saturated rings. The quantitative estimate of drug-likeness (QED) is 0.739. The van der Waals surface area contributed by atoms with Gasteiger partial charge in [-0.15, -0.1) is 0 Å². The number of ether oxygens (including phenoxy) is 1. The lowest BCUT2D eigenvalue weighted by Crippen LogP contribution is -2.59. The monoisotopic (exact) mass is 244 g/mol. The van der Waals surface area contributed by atoms with Crippen LogP contribution in [0.25, 0.3) is 0 Å². The van der Waals surface area contributed by atoms with Gasteiger partial charge in [-0.1, -0.05) is 6.92 Å². The zero-order valence-corrected chi connectivity index (χ0v) is 11.2. The van der Waals surface area contributed by atoms with Crippen LogP contribution in [0.1, 0.15) is 27.7 Å². The maximum atomic E-state index is 11.3. The third-order valence-electron chi connectivity index (χ3n) is 3.07. The van der Waals surface area contributed by atoms with Crippen molar-refractivity contribution >= 4 is 5.97 Å². The largest absolute Gasteiger partial charge is 0.480 e. The summed E-state index contributed by atoms with van der Waals surface area (Å²) >= 11 is 0. The Morgan fingerprint density at radius 3 is 2.41 bits per heavy atom. The molecule has 0 aromatic carbocycles. The first-order valence-corrected chi connectivity index (χ1v) is 6.23. The van der Waals surface area contributed by atoms with Crippen LogP contribution in [0.2, 0.25) is 0 Å². The second-order valence-electron chi connectivity index (χ2n) is 5.12. The number of carboxylic acids is 1. The molecule has 1 rings (SSSR count). The maximum absolute atomic E-state index is 11.3. The van der Waals surface area contributed by atoms with E-state index in [1.54, 1.807) is 6.92 Å². The summed E-state index contributed by atoms with van der Waals surface area (Å²) in [4.78, 5) is 13.5. The normalized spacial score (nSPS) is 29.9. The van der Waals surface area contributed by atoms with Gasteiger partial charge in [0.1, 0.15) is 5.54 Å². The molecule has 3 atom stereocenters. The number of nitrogens with zero attached hydrogens (tertiary/aromatic N) is 1. The van der Waals surface area contributed by atoms with Crippen LogP contribution in [0.5, 0.6) is 0 Å². The van der Waals surface area contributed by atoms with Gasteiger partial charge in [0.15, 0.2) is 0 Å². The summed E-state index contributed by atoms with van der Waals surface area (Å²) in [6.45, 7) is 10.4. The van der Waals surface area contributed by atoms with Crippen LogP contribution in [-0.2, 0) is 9.53 Å². The molecule has 3 unspecified atom stereocenters. The molecule has 1 aliphatic heterocycles. The van der Waals surface area contributed by atoms with Gasteiger partial charge in [0.2, 0.25) is 0 Å². The van der Waals surface area contributed by atoms with Gasteiger partial charge in [0.25, 0.3) is 0 Å². The first kappa shape index (κ1) is 14.4. The standard InChI is InChI=1S/C12H24N2O3/c1-5-13-12(4,11(15)16)8-14-6-9(2)17-10(3)7-14/h9-10,13H,5-8H2,1-4H3,(H,15,16). The number of hydrogen-bond acceptors (Lipinski definition) is 4. The third kappa shape index (κ3) is 3.94. The molecule has 0 spiro atoms. The fraction of sp³-hybridized carbons (Fsp3) is 0.917. The summed E-state index contributed by atoms with van der Waals surface area (Å²) in [6, 6.07) is 0. The molecule has 0 aromatic heterocycles. The summed E-state index contributed by atoms with van der Waals surface area (Å²) in [5.41, 5.74) is -0.883. The molecule has 1 aliphatic rings. The molecule has 5 nitrogen and oxygen atoms in total. The van der Waals surface area contributed by atoms with Crippen molar-refractivity contribution in [2.24, 2.45) is 0 Å². The van der Waals surface area contributed by atoms with E-state index in [1.165, 1.54) is 0 Å². The highest BCUT2D eigenvalue weighted by atomic mass is 16.5. The van der Waals surface area contributed by atoms with Crippen molar-refractivity contribution in [3.05, 3.63) is 0 Å². The summed E-state index contributed by atoms with van der Waals surface area (Å²) in [5.74, 6) is -0.800. The van der Waals surface area contributed by atoms with E-state index in [0.717, 1.165) is 13.1 Å². The van der Waals surface area contributed by atoms with Gasteiger partial charge in [0, 0.05) is 19.6 Å². The van der Waals surface area contributed by atoms with Gasteiger partial charge in [-0.05, 0) is 27.3 Å². The van der Waals surface area contributed by atoms with Crippen molar-refractivity contribution in [2.45, 2.75) is 45.4 Å². The lowest BCUT2D eigenvalue weighted by Gasteiger charge is -2.39. The molecule has 17 heavy (non-hydrogen) atoms. The number of nitrogens with one attached hydrogen (secondary N) is 1. The summed E-state index contributed by atoms with van der Waals surface area (Å²) < 4.78 is 5.64. The highest BCUT2D eigenvalue weighted by Crippen LogP contribution is 2.15. The first-order valence-electron chi connectivity index (χ1n) is 6.23. The number of likely N-dealkylation sites (N-methyl/N-ethyl adjacent to an activating group) is 1. The van der Waals surface area contributed by atoms with Gasteiger partial charge in [-0.3, -0.25) is 9.69 Å². The highest BCUT2D eigenvalue weighted by Gasteiger charge is 2.36. The van der Waals surface area contributed by atoms with E-state index < -0.39 is 11.5 Å². The van der Waals surface area contributed by atoms with Crippen molar-refractivity contribution in [1.29, 1.82) is 0 Å². The molecule has 5 heteroatoms. The van der Waals surface area contributed by atoms with Crippen molar-refractivity contribution in [2.75, 3.05) is 26.2 Å². The molecular weight excluding hydrogens is 220 g/mol. The molecule has 0 aromatic rings. The van der Waals surface area contributed by atoms with Crippen LogP contribution in [0.15, 0.2) is 0 Å². The molecule has 1 saturated heterocycles. The van der Waals surface area contributed by atoms with E-state index in [9.17, 15) is 9.90 Å². The number of aliphatic carboxylic acids is 1. The second-order valence-corrected chi connectivity index (χ2v) is 5.12. The Kier molecular flexibility index (Phi) is 4.91. The number of carbonyl (C=O) groups is 1. The van der Waals surface area contributed by atoms with Crippen molar-refractivity contribution in [1.82, 2.24) is 10.2 Å². The molecule has 1 heterocycles. The summed E-state index contributed by atoms with van der Waals surface area (Å²) in [6.07, 6.45) is 0.330. The van der Waals surface area contributed by atoms with E-state index in [4.69, 9.17) is 4.74 Å². The minimum Gasteiger partial charge on any atom is -0.480 e. The number of carboxylic acid groups (broad SMARTS) is 1. The lowest BCUT2D eigenvalue weighted by molar-refractivity contribution is -0.146. The molecule has 0 amide bonds. The SMILES string of the molecule is CCNC(C)(CN1CC(C)OC(C)C1)C(=O)O. The van der Waals surface area contributed by atoms with Crippen LogP contribution in [0.4, 0.5) is 0 Å². The van der Waals surface area contributed by atoms with Crippen molar-refractivity contribution in [3.63, 3.8) is 0 Å². The Morgan fingerprint density at radius 1 is 1.47 bits per heavy atom. The molecule has 0 aliphatic carbocycles. The fourth-order valence-corrected chi connectivity index (χ4v) is 2.45. The van der Waals surface area contributed by atoms with E-state index >= 15 is 0 Å². The molecule has 0 radical (unpaired) electrons. The van der Waals surface area contributed by atoms with Crippen LogP contribution in [0.3, 0.4) is 0 Å². The van der Waals surface area contributed by atoms with E-state index in [1.807, 2.05) is 20.8 Å². The van der Waals surface area contributed by atoms with Crippen LogP contribution in [-0.4, -0.2) is 59.9 Å². The van der Waals surface area contributed by atoms with Crippen molar-refractivity contribution < 1.29 is 14.6 Å². The second kappa shape index (κ2) is 5.80. The van der Waals surface area contributed by atoms with Crippen molar-refractivity contribution in [3.8, 4) is 0 Å². The topological polar surface area (TPSA) is 61.8 Å². The average molecular weight is 244 g/mol. The third-order valence-corrected chi connectivity index (χ3v) is 3.07. The zero-order chi connectivity index (χ0) is 13.1. The molecule has 2 N–H and O–H groups in total. The molecule has 0 bridgehead atoms. The number of morpholine rings is 1. The summed E-state index contributed by atoms with van der Waals surface area (Å²) in [5, 5.41) is 12.4. The summed E-state index contributed by atoms with van der Waals surface area (Å²) in [7, 11) is 0. The molecular formula is C12H24N2O3. The maximum Gasteiger partial charge on any atom is 0.324 e. The molecule has 100 valence electrons. The number of rotatable bonds is 5. The Labute approximate surface area is 103 Å². The van der Waals surface area contributed by atoms with Gasteiger partial charge < -0.3 is 15.2 Å². The Morgan fingerprint density at radius 2 is 2.00 bits per heavy atom.